The van der Waals surface area contributed by atoms with Gasteiger partial charge in [-0.1, -0.05) is 37.1 Å². The summed E-state index contributed by atoms with van der Waals surface area (Å²) >= 11 is 0. The molecule has 1 unspecified atom stereocenters. The van der Waals surface area contributed by atoms with Crippen LogP contribution in [0.5, 0.6) is 0 Å². The van der Waals surface area contributed by atoms with Crippen LogP contribution in [0.3, 0.4) is 0 Å². The number of guanidine groups is 1. The summed E-state index contributed by atoms with van der Waals surface area (Å²) in [5.41, 5.74) is 2.34. The lowest BCUT2D eigenvalue weighted by Crippen LogP contribution is -2.45. The van der Waals surface area contributed by atoms with E-state index in [2.05, 4.69) is 29.7 Å². The fourth-order valence-electron chi connectivity index (χ4n) is 4.19. The van der Waals surface area contributed by atoms with Gasteiger partial charge in [0, 0.05) is 38.7 Å². The molecule has 1 atom stereocenters. The minimum Gasteiger partial charge on any atom is -0.380 e. The predicted molar refractivity (Wildman–Crippen MR) is 112 cm³/mol. The van der Waals surface area contributed by atoms with E-state index in [9.17, 15) is 4.79 Å². The normalized spacial score (nSPS) is 20.6. The van der Waals surface area contributed by atoms with Crippen LogP contribution in [0.15, 0.2) is 29.3 Å². The first-order valence-corrected chi connectivity index (χ1v) is 10.6. The lowest BCUT2D eigenvalue weighted by molar-refractivity contribution is -0.134. The van der Waals surface area contributed by atoms with Crippen molar-refractivity contribution in [1.29, 1.82) is 0 Å². The van der Waals surface area contributed by atoms with E-state index in [1.54, 1.807) is 7.11 Å². The highest BCUT2D eigenvalue weighted by Gasteiger charge is 2.32. The summed E-state index contributed by atoms with van der Waals surface area (Å²) in [6.45, 7) is 5.70. The van der Waals surface area contributed by atoms with Gasteiger partial charge < -0.3 is 20.3 Å². The Hall–Kier alpha value is -2.08. The van der Waals surface area contributed by atoms with Crippen LogP contribution in [0.4, 0.5) is 0 Å². The summed E-state index contributed by atoms with van der Waals surface area (Å²) in [6.07, 6.45) is 5.52. The zero-order chi connectivity index (χ0) is 19.8. The average molecular weight is 387 g/mol. The highest BCUT2D eigenvalue weighted by Crippen LogP contribution is 2.27. The summed E-state index contributed by atoms with van der Waals surface area (Å²) in [7, 11) is 1.71. The number of nitrogens with zero attached hydrogens (tertiary/aromatic N) is 2. The maximum absolute atomic E-state index is 12.7. The Morgan fingerprint density at radius 2 is 1.96 bits per heavy atom. The third-order valence-electron chi connectivity index (χ3n) is 5.72. The van der Waals surface area contributed by atoms with Crippen LogP contribution in [0.1, 0.15) is 50.2 Å². The molecule has 0 spiro atoms. The Balaban J connectivity index is 1.57. The van der Waals surface area contributed by atoms with Crippen molar-refractivity contribution in [2.24, 2.45) is 10.9 Å². The number of nitrogens with one attached hydrogen (secondary N) is 2. The third kappa shape index (κ3) is 5.47. The third-order valence-corrected chi connectivity index (χ3v) is 5.72. The summed E-state index contributed by atoms with van der Waals surface area (Å²) in [6, 6.07) is 8.50. The molecule has 0 aromatic heterocycles. The molecule has 3 rings (SSSR count). The Kier molecular flexibility index (Phi) is 7.71. The molecule has 1 heterocycles. The zero-order valence-electron chi connectivity index (χ0n) is 17.2. The minimum atomic E-state index is 0.261. The second-order valence-corrected chi connectivity index (χ2v) is 7.79. The highest BCUT2D eigenvalue weighted by atomic mass is 16.5. The molecule has 2 N–H and O–H groups in total. The Bertz CT molecular complexity index is 670. The summed E-state index contributed by atoms with van der Waals surface area (Å²) in [4.78, 5) is 19.5. The summed E-state index contributed by atoms with van der Waals surface area (Å²) < 4.78 is 5.29. The quantitative estimate of drug-likeness (QED) is 0.559. The molecule has 1 amide bonds. The second kappa shape index (κ2) is 10.5. The molecule has 1 aliphatic carbocycles. The van der Waals surface area contributed by atoms with Gasteiger partial charge in [-0.15, -0.1) is 0 Å². The molecule has 1 aromatic carbocycles. The number of methoxy groups -OCH3 is 1. The fraction of sp³-hybridized carbons (Fsp3) is 0.636. The topological polar surface area (TPSA) is 66.0 Å². The van der Waals surface area contributed by atoms with Gasteiger partial charge in [-0.25, -0.2) is 4.99 Å². The number of rotatable bonds is 7. The van der Waals surface area contributed by atoms with Crippen molar-refractivity contribution in [3.8, 4) is 0 Å². The van der Waals surface area contributed by atoms with E-state index in [4.69, 9.17) is 9.73 Å². The van der Waals surface area contributed by atoms with Gasteiger partial charge in [-0.3, -0.25) is 4.79 Å². The molecule has 6 heteroatoms. The maximum Gasteiger partial charge on any atom is 0.225 e. The van der Waals surface area contributed by atoms with Crippen LogP contribution >= 0.6 is 0 Å². The van der Waals surface area contributed by atoms with E-state index in [0.717, 1.165) is 44.9 Å². The van der Waals surface area contributed by atoms with Gasteiger partial charge in [0.2, 0.25) is 5.91 Å². The van der Waals surface area contributed by atoms with Gasteiger partial charge in [0.1, 0.15) is 0 Å². The number of amides is 1. The molecular weight excluding hydrogens is 352 g/mol. The van der Waals surface area contributed by atoms with E-state index >= 15 is 0 Å². The van der Waals surface area contributed by atoms with E-state index in [0.29, 0.717) is 19.1 Å². The van der Waals surface area contributed by atoms with E-state index in [-0.39, 0.29) is 12.0 Å². The number of hydrogen-bond acceptors (Lipinski definition) is 3. The van der Waals surface area contributed by atoms with Crippen molar-refractivity contribution in [2.45, 2.75) is 58.2 Å². The number of carbonyl (C=O) groups is 1. The number of hydrogen-bond donors (Lipinski definition) is 2. The smallest absolute Gasteiger partial charge is 0.225 e. The fourth-order valence-corrected chi connectivity index (χ4v) is 4.19. The Labute approximate surface area is 168 Å². The Morgan fingerprint density at radius 3 is 2.68 bits per heavy atom. The van der Waals surface area contributed by atoms with Crippen LogP contribution < -0.4 is 10.6 Å². The first-order valence-electron chi connectivity index (χ1n) is 10.6. The van der Waals surface area contributed by atoms with Gasteiger partial charge in [0.25, 0.3) is 0 Å². The monoisotopic (exact) mass is 386 g/mol. The molecule has 28 heavy (non-hydrogen) atoms. The molecule has 2 aliphatic rings. The van der Waals surface area contributed by atoms with Crippen molar-refractivity contribution in [2.75, 3.05) is 26.7 Å². The number of benzene rings is 1. The number of likely N-dealkylation sites (tertiary alicyclic amines) is 1. The van der Waals surface area contributed by atoms with Gasteiger partial charge in [-0.2, -0.15) is 0 Å². The molecule has 0 bridgehead atoms. The number of aliphatic imine (C=N–C) groups is 1. The van der Waals surface area contributed by atoms with E-state index < -0.39 is 0 Å². The largest absolute Gasteiger partial charge is 0.380 e. The molecule has 1 aliphatic heterocycles. The SMILES string of the molecule is CCNC(=NCc1ccccc1COC)NC1CCN(C(=O)C2CCCC2)C1. The summed E-state index contributed by atoms with van der Waals surface area (Å²) in [5, 5.41) is 6.86. The highest BCUT2D eigenvalue weighted by molar-refractivity contribution is 5.81. The molecular formula is C22H34N4O2. The van der Waals surface area contributed by atoms with E-state index in [1.807, 2.05) is 17.0 Å². The first-order chi connectivity index (χ1) is 13.7. The lowest BCUT2D eigenvalue weighted by atomic mass is 10.1. The van der Waals surface area contributed by atoms with Crippen molar-refractivity contribution in [3.05, 3.63) is 35.4 Å². The minimum absolute atomic E-state index is 0.261. The molecule has 2 fully saturated rings. The van der Waals surface area contributed by atoms with Crippen molar-refractivity contribution in [3.63, 3.8) is 0 Å². The molecule has 0 radical (unpaired) electrons. The van der Waals surface area contributed by atoms with Crippen LogP contribution in [0.25, 0.3) is 0 Å². The van der Waals surface area contributed by atoms with Crippen molar-refractivity contribution < 1.29 is 9.53 Å². The predicted octanol–water partition coefficient (Wildman–Crippen LogP) is 2.68. The summed E-state index contributed by atoms with van der Waals surface area (Å²) in [5.74, 6) is 1.44. The molecule has 1 saturated carbocycles. The maximum atomic E-state index is 12.7. The average Bonchev–Trinajstić information content (AvgIpc) is 3.39. The van der Waals surface area contributed by atoms with Crippen LogP contribution in [0.2, 0.25) is 0 Å². The molecule has 154 valence electrons. The van der Waals surface area contributed by atoms with Crippen molar-refractivity contribution >= 4 is 11.9 Å². The first kappa shape index (κ1) is 20.6. The molecule has 6 nitrogen and oxygen atoms in total. The zero-order valence-corrected chi connectivity index (χ0v) is 17.2. The van der Waals surface area contributed by atoms with Crippen LogP contribution in [-0.2, 0) is 22.7 Å². The number of ether oxygens (including phenoxy) is 1. The van der Waals surface area contributed by atoms with Gasteiger partial charge in [0.15, 0.2) is 5.96 Å². The Morgan fingerprint density at radius 1 is 1.21 bits per heavy atom. The van der Waals surface area contributed by atoms with Gasteiger partial charge in [0.05, 0.1) is 13.2 Å². The number of carbonyl (C=O) groups excluding carboxylic acids is 1. The van der Waals surface area contributed by atoms with Crippen LogP contribution in [-0.4, -0.2) is 49.6 Å². The molecule has 1 saturated heterocycles. The van der Waals surface area contributed by atoms with E-state index in [1.165, 1.54) is 24.0 Å². The second-order valence-electron chi connectivity index (χ2n) is 7.79. The van der Waals surface area contributed by atoms with Crippen molar-refractivity contribution in [1.82, 2.24) is 15.5 Å². The van der Waals surface area contributed by atoms with Gasteiger partial charge in [-0.05, 0) is 37.3 Å². The van der Waals surface area contributed by atoms with Gasteiger partial charge >= 0.3 is 0 Å². The standard InChI is InChI=1S/C22H34N4O2/c1-3-23-22(24-14-18-10-6-7-11-19(18)16-28-2)25-20-12-13-26(15-20)21(27)17-8-4-5-9-17/h6-7,10-11,17,20H,3-5,8-9,12-16H2,1-2H3,(H2,23,24,25). The lowest BCUT2D eigenvalue weighted by Gasteiger charge is -2.21. The van der Waals surface area contributed by atoms with Crippen LogP contribution in [0, 0.1) is 5.92 Å². The molecule has 1 aromatic rings.